The van der Waals surface area contributed by atoms with Crippen LogP contribution in [-0.4, -0.2) is 20.6 Å². The van der Waals surface area contributed by atoms with Gasteiger partial charge in [-0.1, -0.05) is 22.0 Å². The zero-order valence-corrected chi connectivity index (χ0v) is 13.2. The van der Waals surface area contributed by atoms with Gasteiger partial charge in [-0.25, -0.2) is 9.78 Å². The number of halogens is 1. The standard InChI is InChI=1S/C16H13BrN2O2/c1-9-8-11(6-7-13(9)17)19-10(2)18-14-5-3-4-12(15(14)19)16(20)21/h3-8H,1-2H3,(H,20,21). The van der Waals surface area contributed by atoms with Gasteiger partial charge in [0.05, 0.1) is 16.6 Å². The number of para-hydroxylation sites is 1. The Morgan fingerprint density at radius 3 is 2.67 bits per heavy atom. The smallest absolute Gasteiger partial charge is 0.337 e. The van der Waals surface area contributed by atoms with Crippen molar-refractivity contribution in [1.82, 2.24) is 9.55 Å². The lowest BCUT2D eigenvalue weighted by molar-refractivity contribution is 0.0698. The minimum atomic E-state index is -0.949. The number of aryl methyl sites for hydroxylation is 2. The van der Waals surface area contributed by atoms with Crippen LogP contribution in [0.4, 0.5) is 0 Å². The molecule has 0 atom stereocenters. The van der Waals surface area contributed by atoms with Gasteiger partial charge >= 0.3 is 5.97 Å². The molecule has 2 aromatic carbocycles. The van der Waals surface area contributed by atoms with Crippen molar-refractivity contribution in [3.63, 3.8) is 0 Å². The second kappa shape index (κ2) is 5.00. The summed E-state index contributed by atoms with van der Waals surface area (Å²) in [5.41, 5.74) is 3.57. The van der Waals surface area contributed by atoms with E-state index in [4.69, 9.17) is 0 Å². The van der Waals surface area contributed by atoms with E-state index >= 15 is 0 Å². The lowest BCUT2D eigenvalue weighted by Gasteiger charge is -2.10. The molecule has 106 valence electrons. The average molecular weight is 345 g/mol. The summed E-state index contributed by atoms with van der Waals surface area (Å²) < 4.78 is 2.91. The second-order valence-electron chi connectivity index (χ2n) is 4.91. The van der Waals surface area contributed by atoms with E-state index in [9.17, 15) is 9.90 Å². The molecule has 0 fully saturated rings. The van der Waals surface area contributed by atoms with E-state index in [0.29, 0.717) is 11.0 Å². The minimum Gasteiger partial charge on any atom is -0.478 e. The molecule has 0 bridgehead atoms. The fourth-order valence-electron chi connectivity index (χ4n) is 2.50. The largest absolute Gasteiger partial charge is 0.478 e. The number of hydrogen-bond acceptors (Lipinski definition) is 2. The highest BCUT2D eigenvalue weighted by atomic mass is 79.9. The van der Waals surface area contributed by atoms with E-state index in [2.05, 4.69) is 20.9 Å². The number of fused-ring (bicyclic) bond motifs is 1. The van der Waals surface area contributed by atoms with Crippen LogP contribution in [0.5, 0.6) is 0 Å². The van der Waals surface area contributed by atoms with Crippen LogP contribution in [0, 0.1) is 13.8 Å². The number of carbonyl (C=O) groups is 1. The summed E-state index contributed by atoms with van der Waals surface area (Å²) in [5, 5.41) is 9.41. The van der Waals surface area contributed by atoms with Crippen molar-refractivity contribution >= 4 is 32.9 Å². The maximum absolute atomic E-state index is 11.5. The van der Waals surface area contributed by atoms with Crippen LogP contribution >= 0.6 is 15.9 Å². The first kappa shape index (κ1) is 13.8. The quantitative estimate of drug-likeness (QED) is 0.761. The molecule has 1 aromatic heterocycles. The number of aromatic nitrogens is 2. The van der Waals surface area contributed by atoms with Gasteiger partial charge in [0.1, 0.15) is 5.82 Å². The summed E-state index contributed by atoms with van der Waals surface area (Å²) in [6.07, 6.45) is 0. The van der Waals surface area contributed by atoms with Crippen LogP contribution in [0.15, 0.2) is 40.9 Å². The molecule has 0 saturated heterocycles. The molecule has 3 rings (SSSR count). The number of imidazole rings is 1. The third kappa shape index (κ3) is 2.23. The Hall–Kier alpha value is -2.14. The first-order chi connectivity index (χ1) is 9.99. The van der Waals surface area contributed by atoms with Crippen molar-refractivity contribution in [1.29, 1.82) is 0 Å². The van der Waals surface area contributed by atoms with Gasteiger partial charge in [0.25, 0.3) is 0 Å². The van der Waals surface area contributed by atoms with Crippen molar-refractivity contribution in [2.75, 3.05) is 0 Å². The number of carboxylic acids is 1. The van der Waals surface area contributed by atoms with Gasteiger partial charge in [0.15, 0.2) is 0 Å². The van der Waals surface area contributed by atoms with Crippen molar-refractivity contribution < 1.29 is 9.90 Å². The third-order valence-corrected chi connectivity index (χ3v) is 4.36. The number of hydrogen-bond donors (Lipinski definition) is 1. The van der Waals surface area contributed by atoms with Gasteiger partial charge in [-0.2, -0.15) is 0 Å². The van der Waals surface area contributed by atoms with Crippen molar-refractivity contribution in [3.05, 3.63) is 57.8 Å². The molecule has 5 heteroatoms. The molecule has 0 saturated carbocycles. The molecule has 0 unspecified atom stereocenters. The van der Waals surface area contributed by atoms with Gasteiger partial charge in [0.2, 0.25) is 0 Å². The fraction of sp³-hybridized carbons (Fsp3) is 0.125. The summed E-state index contributed by atoms with van der Waals surface area (Å²) in [5.74, 6) is -0.184. The normalized spacial score (nSPS) is 11.0. The Balaban J connectivity index is 2.38. The predicted octanol–water partition coefficient (Wildman–Crippen LogP) is 4.10. The van der Waals surface area contributed by atoms with Crippen LogP contribution in [0.2, 0.25) is 0 Å². The van der Waals surface area contributed by atoms with Gasteiger partial charge in [-0.15, -0.1) is 0 Å². The number of carboxylic acid groups (broad SMARTS) is 1. The predicted molar refractivity (Wildman–Crippen MR) is 85.2 cm³/mol. The maximum atomic E-state index is 11.5. The molecule has 1 heterocycles. The zero-order chi connectivity index (χ0) is 15.1. The molecule has 21 heavy (non-hydrogen) atoms. The molecule has 0 amide bonds. The van der Waals surface area contributed by atoms with E-state index in [1.165, 1.54) is 0 Å². The first-order valence-electron chi connectivity index (χ1n) is 6.47. The summed E-state index contributed by atoms with van der Waals surface area (Å²) in [4.78, 5) is 16.0. The molecular weight excluding hydrogens is 332 g/mol. The van der Waals surface area contributed by atoms with Crippen molar-refractivity contribution in [2.24, 2.45) is 0 Å². The fourth-order valence-corrected chi connectivity index (χ4v) is 2.75. The average Bonchev–Trinajstić information content (AvgIpc) is 2.77. The second-order valence-corrected chi connectivity index (χ2v) is 5.76. The summed E-state index contributed by atoms with van der Waals surface area (Å²) >= 11 is 3.48. The van der Waals surface area contributed by atoms with Crippen LogP contribution in [0.25, 0.3) is 16.7 Å². The zero-order valence-electron chi connectivity index (χ0n) is 11.6. The SMILES string of the molecule is Cc1cc(-n2c(C)nc3cccc(C(=O)O)c32)ccc1Br. The molecule has 0 radical (unpaired) electrons. The number of rotatable bonds is 2. The van der Waals surface area contributed by atoms with E-state index in [-0.39, 0.29) is 5.56 Å². The highest BCUT2D eigenvalue weighted by Gasteiger charge is 2.17. The highest BCUT2D eigenvalue weighted by molar-refractivity contribution is 9.10. The van der Waals surface area contributed by atoms with Gasteiger partial charge in [0, 0.05) is 10.2 Å². The minimum absolute atomic E-state index is 0.258. The molecular formula is C16H13BrN2O2. The number of aromatic carboxylic acids is 1. The Labute approximate surface area is 130 Å². The Kier molecular flexibility index (Phi) is 3.29. The maximum Gasteiger partial charge on any atom is 0.337 e. The number of nitrogens with zero attached hydrogens (tertiary/aromatic N) is 2. The van der Waals surface area contributed by atoms with Gasteiger partial charge < -0.3 is 5.11 Å². The molecule has 1 N–H and O–H groups in total. The number of benzene rings is 2. The lowest BCUT2D eigenvalue weighted by Crippen LogP contribution is -2.03. The summed E-state index contributed by atoms with van der Waals surface area (Å²) in [6.45, 7) is 3.88. The Morgan fingerprint density at radius 1 is 1.24 bits per heavy atom. The summed E-state index contributed by atoms with van der Waals surface area (Å²) in [7, 11) is 0. The monoisotopic (exact) mass is 344 g/mol. The lowest BCUT2D eigenvalue weighted by atomic mass is 10.1. The van der Waals surface area contributed by atoms with Gasteiger partial charge in [-0.3, -0.25) is 4.57 Å². The van der Waals surface area contributed by atoms with Crippen LogP contribution < -0.4 is 0 Å². The Bertz CT molecular complexity index is 868. The van der Waals surface area contributed by atoms with Crippen LogP contribution in [-0.2, 0) is 0 Å². The summed E-state index contributed by atoms with van der Waals surface area (Å²) in [6, 6.07) is 11.1. The topological polar surface area (TPSA) is 55.1 Å². The van der Waals surface area contributed by atoms with E-state index < -0.39 is 5.97 Å². The molecule has 0 aliphatic rings. The van der Waals surface area contributed by atoms with Crippen LogP contribution in [0.1, 0.15) is 21.7 Å². The van der Waals surface area contributed by atoms with Gasteiger partial charge in [-0.05, 0) is 49.7 Å². The molecule has 0 aliphatic carbocycles. The van der Waals surface area contributed by atoms with Crippen molar-refractivity contribution in [2.45, 2.75) is 13.8 Å². The van der Waals surface area contributed by atoms with E-state index in [1.54, 1.807) is 12.1 Å². The van der Waals surface area contributed by atoms with E-state index in [0.717, 1.165) is 21.5 Å². The molecule has 3 aromatic rings. The molecule has 0 aliphatic heterocycles. The van der Waals surface area contributed by atoms with E-state index in [1.807, 2.05) is 42.7 Å². The highest BCUT2D eigenvalue weighted by Crippen LogP contribution is 2.27. The molecule has 0 spiro atoms. The van der Waals surface area contributed by atoms with Crippen LogP contribution in [0.3, 0.4) is 0 Å². The first-order valence-corrected chi connectivity index (χ1v) is 7.26. The van der Waals surface area contributed by atoms with Crippen molar-refractivity contribution in [3.8, 4) is 5.69 Å². The molecule has 4 nitrogen and oxygen atoms in total. The third-order valence-electron chi connectivity index (χ3n) is 3.47. The Morgan fingerprint density at radius 2 is 2.00 bits per heavy atom.